The molecule has 0 saturated heterocycles. The Morgan fingerprint density at radius 1 is 1.13 bits per heavy atom. The second-order valence-corrected chi connectivity index (χ2v) is 8.84. The van der Waals surface area contributed by atoms with Crippen molar-refractivity contribution in [3.8, 4) is 11.5 Å². The van der Waals surface area contributed by atoms with Crippen molar-refractivity contribution in [2.45, 2.75) is 17.1 Å². The Morgan fingerprint density at radius 3 is 2.52 bits per heavy atom. The highest BCUT2D eigenvalue weighted by Crippen LogP contribution is 2.32. The summed E-state index contributed by atoms with van der Waals surface area (Å²) in [4.78, 5) is 12.7. The summed E-state index contributed by atoms with van der Waals surface area (Å²) < 4.78 is 56.0. The third kappa shape index (κ3) is 4.56. The summed E-state index contributed by atoms with van der Waals surface area (Å²) in [6, 6.07) is 11.4. The quantitative estimate of drug-likeness (QED) is 0.529. The standard InChI is InChI=1S/C22H22FNO6S/c1-14-12-15(9-10-17(14)23)31(26,27)20(18-8-5-11-30-18)13-24-22(25)16-6-4-7-19(28-2)21(16)29-3/h4-12,20H,13H2,1-3H3,(H,24,25)/t20-/m1/s1. The maximum Gasteiger partial charge on any atom is 0.255 e. The SMILES string of the molecule is COc1cccc(C(=O)NC[C@H](c2ccco2)S(=O)(=O)c2ccc(F)c(C)c2)c1OC. The molecule has 3 aromatic rings. The van der Waals surface area contributed by atoms with Crippen LogP contribution < -0.4 is 14.8 Å². The Morgan fingerprint density at radius 2 is 1.90 bits per heavy atom. The van der Waals surface area contributed by atoms with Crippen LogP contribution >= 0.6 is 0 Å². The number of halogens is 1. The van der Waals surface area contributed by atoms with Crippen molar-refractivity contribution in [1.82, 2.24) is 5.32 Å². The van der Waals surface area contributed by atoms with E-state index >= 15 is 0 Å². The number of amides is 1. The molecule has 1 amide bonds. The molecule has 0 aliphatic heterocycles. The van der Waals surface area contributed by atoms with Gasteiger partial charge in [-0.15, -0.1) is 0 Å². The molecule has 0 radical (unpaired) electrons. The number of rotatable bonds is 8. The first-order valence-electron chi connectivity index (χ1n) is 9.32. The van der Waals surface area contributed by atoms with Gasteiger partial charge in [-0.1, -0.05) is 6.07 Å². The zero-order chi connectivity index (χ0) is 22.6. The molecule has 1 N–H and O–H groups in total. The fourth-order valence-corrected chi connectivity index (χ4v) is 4.81. The number of ether oxygens (including phenoxy) is 2. The van der Waals surface area contributed by atoms with Crippen LogP contribution in [0.5, 0.6) is 11.5 Å². The van der Waals surface area contributed by atoms with E-state index in [-0.39, 0.29) is 34.1 Å². The fraction of sp³-hybridized carbons (Fsp3) is 0.227. The van der Waals surface area contributed by atoms with Crippen LogP contribution in [-0.4, -0.2) is 35.1 Å². The average molecular weight is 447 g/mol. The predicted octanol–water partition coefficient (Wildman–Crippen LogP) is 3.69. The molecule has 0 aliphatic rings. The minimum atomic E-state index is -4.00. The molecule has 0 fully saturated rings. The molecule has 9 heteroatoms. The van der Waals surface area contributed by atoms with Crippen molar-refractivity contribution in [2.24, 2.45) is 0 Å². The molecule has 1 atom stereocenters. The summed E-state index contributed by atoms with van der Waals surface area (Å²) in [5.41, 5.74) is 0.388. The minimum absolute atomic E-state index is 0.0685. The van der Waals surface area contributed by atoms with Gasteiger partial charge in [-0.2, -0.15) is 0 Å². The van der Waals surface area contributed by atoms with E-state index in [9.17, 15) is 17.6 Å². The molecular weight excluding hydrogens is 425 g/mol. The molecule has 2 aromatic carbocycles. The number of carbonyl (C=O) groups is 1. The monoisotopic (exact) mass is 447 g/mol. The van der Waals surface area contributed by atoms with Crippen LogP contribution in [-0.2, 0) is 9.84 Å². The summed E-state index contributed by atoms with van der Waals surface area (Å²) in [5, 5.41) is 1.41. The highest BCUT2D eigenvalue weighted by molar-refractivity contribution is 7.91. The number of aryl methyl sites for hydroxylation is 1. The van der Waals surface area contributed by atoms with Gasteiger partial charge >= 0.3 is 0 Å². The van der Waals surface area contributed by atoms with Gasteiger partial charge in [-0.05, 0) is 55.0 Å². The molecular formula is C22H22FNO6S. The molecule has 31 heavy (non-hydrogen) atoms. The maximum absolute atomic E-state index is 13.6. The lowest BCUT2D eigenvalue weighted by atomic mass is 10.1. The maximum atomic E-state index is 13.6. The van der Waals surface area contributed by atoms with Gasteiger partial charge in [0.15, 0.2) is 21.3 Å². The van der Waals surface area contributed by atoms with Crippen molar-refractivity contribution in [2.75, 3.05) is 20.8 Å². The molecule has 1 aromatic heterocycles. The zero-order valence-corrected chi connectivity index (χ0v) is 18.0. The topological polar surface area (TPSA) is 94.8 Å². The Hall–Kier alpha value is -3.33. The van der Waals surface area contributed by atoms with E-state index in [0.29, 0.717) is 5.75 Å². The zero-order valence-electron chi connectivity index (χ0n) is 17.2. The molecule has 164 valence electrons. The first-order chi connectivity index (χ1) is 14.8. The van der Waals surface area contributed by atoms with Gasteiger partial charge in [0.25, 0.3) is 5.91 Å². The van der Waals surface area contributed by atoms with E-state index in [0.717, 1.165) is 6.07 Å². The molecule has 7 nitrogen and oxygen atoms in total. The first kappa shape index (κ1) is 22.4. The summed E-state index contributed by atoms with van der Waals surface area (Å²) in [5.74, 6) is -0.300. The Balaban J connectivity index is 1.92. The number of para-hydroxylation sites is 1. The number of carbonyl (C=O) groups excluding carboxylic acids is 1. The normalized spacial score (nSPS) is 12.3. The van der Waals surface area contributed by atoms with Gasteiger partial charge in [-0.25, -0.2) is 12.8 Å². The third-order valence-corrected chi connectivity index (χ3v) is 6.85. The van der Waals surface area contributed by atoms with Gasteiger partial charge in [0.05, 0.1) is 30.9 Å². The van der Waals surface area contributed by atoms with Gasteiger partial charge < -0.3 is 19.2 Å². The van der Waals surface area contributed by atoms with Crippen LogP contribution in [0.15, 0.2) is 64.1 Å². The molecule has 0 unspecified atom stereocenters. The smallest absolute Gasteiger partial charge is 0.255 e. The predicted molar refractivity (Wildman–Crippen MR) is 112 cm³/mol. The number of hydrogen-bond acceptors (Lipinski definition) is 6. The lowest BCUT2D eigenvalue weighted by Gasteiger charge is -2.18. The van der Waals surface area contributed by atoms with Crippen molar-refractivity contribution >= 4 is 15.7 Å². The molecule has 0 aliphatic carbocycles. The van der Waals surface area contributed by atoms with Gasteiger partial charge in [0, 0.05) is 6.54 Å². The summed E-state index contributed by atoms with van der Waals surface area (Å²) in [6.45, 7) is 1.21. The van der Waals surface area contributed by atoms with Crippen LogP contribution in [0.2, 0.25) is 0 Å². The van der Waals surface area contributed by atoms with Crippen molar-refractivity contribution in [3.05, 3.63) is 77.5 Å². The van der Waals surface area contributed by atoms with Crippen LogP contribution in [0.25, 0.3) is 0 Å². The van der Waals surface area contributed by atoms with Crippen molar-refractivity contribution < 1.29 is 31.5 Å². The van der Waals surface area contributed by atoms with Gasteiger partial charge in [0.2, 0.25) is 0 Å². The number of furan rings is 1. The second kappa shape index (κ2) is 9.22. The average Bonchev–Trinajstić information content (AvgIpc) is 3.29. The first-order valence-corrected chi connectivity index (χ1v) is 10.9. The number of sulfone groups is 1. The highest BCUT2D eigenvalue weighted by Gasteiger charge is 2.32. The minimum Gasteiger partial charge on any atom is -0.493 e. The number of hydrogen-bond donors (Lipinski definition) is 1. The summed E-state index contributed by atoms with van der Waals surface area (Å²) >= 11 is 0. The van der Waals surface area contributed by atoms with Crippen molar-refractivity contribution in [1.29, 1.82) is 0 Å². The summed E-state index contributed by atoms with van der Waals surface area (Å²) in [7, 11) is -1.15. The summed E-state index contributed by atoms with van der Waals surface area (Å²) in [6.07, 6.45) is 1.35. The third-order valence-electron chi connectivity index (χ3n) is 4.79. The fourth-order valence-electron chi connectivity index (χ4n) is 3.14. The number of benzene rings is 2. The Bertz CT molecular complexity index is 1170. The molecule has 0 saturated carbocycles. The lowest BCUT2D eigenvalue weighted by molar-refractivity contribution is 0.0949. The van der Waals surface area contributed by atoms with E-state index in [1.165, 1.54) is 51.7 Å². The Labute approximate surface area is 179 Å². The van der Waals surface area contributed by atoms with Gasteiger partial charge in [0.1, 0.15) is 16.8 Å². The van der Waals surface area contributed by atoms with Crippen LogP contribution in [0.3, 0.4) is 0 Å². The van der Waals surface area contributed by atoms with Crippen LogP contribution in [0.1, 0.15) is 26.9 Å². The van der Waals surface area contributed by atoms with Crippen molar-refractivity contribution in [3.63, 3.8) is 0 Å². The number of methoxy groups -OCH3 is 2. The van der Waals surface area contributed by atoms with E-state index in [4.69, 9.17) is 13.9 Å². The van der Waals surface area contributed by atoms with Crippen LogP contribution in [0, 0.1) is 12.7 Å². The second-order valence-electron chi connectivity index (χ2n) is 6.71. The highest BCUT2D eigenvalue weighted by atomic mass is 32.2. The van der Waals surface area contributed by atoms with Crippen LogP contribution in [0.4, 0.5) is 4.39 Å². The molecule has 1 heterocycles. The molecule has 3 rings (SSSR count). The largest absolute Gasteiger partial charge is 0.493 e. The lowest BCUT2D eigenvalue weighted by Crippen LogP contribution is -2.32. The van der Waals surface area contributed by atoms with E-state index in [1.807, 2.05) is 0 Å². The number of nitrogens with one attached hydrogen (secondary N) is 1. The Kier molecular flexibility index (Phi) is 6.65. The van der Waals surface area contributed by atoms with E-state index < -0.39 is 26.8 Å². The molecule has 0 spiro atoms. The van der Waals surface area contributed by atoms with E-state index in [1.54, 1.807) is 18.2 Å². The molecule has 0 bridgehead atoms. The van der Waals surface area contributed by atoms with Gasteiger partial charge in [-0.3, -0.25) is 4.79 Å². The van der Waals surface area contributed by atoms with E-state index in [2.05, 4.69) is 5.32 Å².